The van der Waals surface area contributed by atoms with Gasteiger partial charge in [-0.2, -0.15) is 0 Å². The van der Waals surface area contributed by atoms with Crippen molar-refractivity contribution in [1.29, 1.82) is 0 Å². The molecule has 1 nitrogen and oxygen atoms in total. The summed E-state index contributed by atoms with van der Waals surface area (Å²) >= 11 is 0. The standard InChI is InChI=1S/C16H12BN/c1-18-15-7-6-11(17)9-13(15)14-8-10-4-2-3-5-12(10)16(14)18/h2-7,9H,8H2,1H3. The van der Waals surface area contributed by atoms with Gasteiger partial charge in [-0.05, 0) is 17.2 Å². The van der Waals surface area contributed by atoms with Gasteiger partial charge in [-0.3, -0.25) is 0 Å². The molecule has 0 fully saturated rings. The van der Waals surface area contributed by atoms with Crippen LogP contribution in [0.5, 0.6) is 0 Å². The predicted octanol–water partition coefficient (Wildman–Crippen LogP) is 2.54. The summed E-state index contributed by atoms with van der Waals surface area (Å²) in [5.74, 6) is 0. The quantitative estimate of drug-likeness (QED) is 0.408. The van der Waals surface area contributed by atoms with Gasteiger partial charge in [0.2, 0.25) is 0 Å². The van der Waals surface area contributed by atoms with Gasteiger partial charge in [0.05, 0.1) is 5.69 Å². The van der Waals surface area contributed by atoms with Crippen LogP contribution in [0.15, 0.2) is 42.5 Å². The van der Waals surface area contributed by atoms with Crippen molar-refractivity contribution in [2.24, 2.45) is 7.05 Å². The van der Waals surface area contributed by atoms with Crippen molar-refractivity contribution in [3.63, 3.8) is 0 Å². The molecular weight excluding hydrogens is 217 g/mol. The normalized spacial score (nSPS) is 12.7. The number of nitrogens with zero attached hydrogens (tertiary/aromatic N) is 1. The lowest BCUT2D eigenvalue weighted by Crippen LogP contribution is -2.00. The van der Waals surface area contributed by atoms with Crippen molar-refractivity contribution in [3.8, 4) is 11.3 Å². The first kappa shape index (κ1) is 10.0. The molecule has 2 heteroatoms. The molecule has 2 aromatic carbocycles. The Kier molecular flexibility index (Phi) is 1.83. The van der Waals surface area contributed by atoms with Crippen molar-refractivity contribution in [2.75, 3.05) is 0 Å². The second-order valence-corrected chi connectivity index (χ2v) is 5.00. The summed E-state index contributed by atoms with van der Waals surface area (Å²) in [5.41, 5.74) is 7.66. The number of rotatable bonds is 0. The zero-order chi connectivity index (χ0) is 12.3. The fourth-order valence-corrected chi connectivity index (χ4v) is 3.16. The highest BCUT2D eigenvalue weighted by Gasteiger charge is 2.24. The molecule has 4 rings (SSSR count). The van der Waals surface area contributed by atoms with Crippen LogP contribution in [0, 0.1) is 0 Å². The van der Waals surface area contributed by atoms with Crippen molar-refractivity contribution in [3.05, 3.63) is 53.6 Å². The Morgan fingerprint density at radius 2 is 1.94 bits per heavy atom. The van der Waals surface area contributed by atoms with Crippen LogP contribution in [0.1, 0.15) is 11.1 Å². The van der Waals surface area contributed by atoms with E-state index in [-0.39, 0.29) is 0 Å². The SMILES string of the molecule is [B]c1ccc2c(c1)c1c(n2C)-c2ccccc2C1. The molecule has 0 N–H and O–H groups in total. The topological polar surface area (TPSA) is 4.93 Å². The van der Waals surface area contributed by atoms with Crippen LogP contribution in [0.2, 0.25) is 0 Å². The first-order valence-electron chi connectivity index (χ1n) is 6.21. The Bertz CT molecular complexity index is 783. The summed E-state index contributed by atoms with van der Waals surface area (Å²) < 4.78 is 2.29. The Labute approximate surface area is 107 Å². The zero-order valence-electron chi connectivity index (χ0n) is 10.3. The second kappa shape index (κ2) is 3.29. The molecule has 1 heterocycles. The maximum atomic E-state index is 5.92. The Hall–Kier alpha value is -1.96. The average molecular weight is 229 g/mol. The van der Waals surface area contributed by atoms with Crippen LogP contribution in [0.25, 0.3) is 22.2 Å². The number of benzene rings is 2. The highest BCUT2D eigenvalue weighted by molar-refractivity contribution is 6.33. The van der Waals surface area contributed by atoms with E-state index in [0.29, 0.717) is 0 Å². The van der Waals surface area contributed by atoms with Gasteiger partial charge in [0.15, 0.2) is 0 Å². The minimum absolute atomic E-state index is 0.840. The Morgan fingerprint density at radius 1 is 1.11 bits per heavy atom. The van der Waals surface area contributed by atoms with Crippen molar-refractivity contribution in [2.45, 2.75) is 6.42 Å². The summed E-state index contributed by atoms with van der Waals surface area (Å²) in [7, 11) is 8.06. The van der Waals surface area contributed by atoms with Crippen LogP contribution in [-0.4, -0.2) is 12.4 Å². The molecule has 1 aliphatic rings. The molecule has 2 radical (unpaired) electrons. The number of fused-ring (bicyclic) bond motifs is 5. The summed E-state index contributed by atoms with van der Waals surface area (Å²) in [6, 6.07) is 14.8. The molecule has 0 bridgehead atoms. The van der Waals surface area contributed by atoms with Crippen LogP contribution in [0.3, 0.4) is 0 Å². The molecular formula is C16H12BN. The Morgan fingerprint density at radius 3 is 2.83 bits per heavy atom. The zero-order valence-corrected chi connectivity index (χ0v) is 10.3. The van der Waals surface area contributed by atoms with E-state index in [1.807, 2.05) is 6.07 Å². The molecule has 0 aliphatic heterocycles. The van der Waals surface area contributed by atoms with Gasteiger partial charge in [-0.15, -0.1) is 0 Å². The average Bonchev–Trinajstić information content (AvgIpc) is 2.87. The first-order valence-corrected chi connectivity index (χ1v) is 6.21. The highest BCUT2D eigenvalue weighted by Crippen LogP contribution is 2.41. The van der Waals surface area contributed by atoms with E-state index in [1.165, 1.54) is 33.3 Å². The fourth-order valence-electron chi connectivity index (χ4n) is 3.16. The van der Waals surface area contributed by atoms with Gasteiger partial charge in [-0.1, -0.05) is 41.9 Å². The van der Waals surface area contributed by atoms with Gasteiger partial charge in [0, 0.05) is 29.9 Å². The summed E-state index contributed by atoms with van der Waals surface area (Å²) in [4.78, 5) is 0. The maximum Gasteiger partial charge on any atom is 0.113 e. The molecule has 1 aliphatic carbocycles. The molecule has 1 aromatic heterocycles. The van der Waals surface area contributed by atoms with Crippen LogP contribution < -0.4 is 5.46 Å². The van der Waals surface area contributed by atoms with Gasteiger partial charge in [0.1, 0.15) is 7.85 Å². The van der Waals surface area contributed by atoms with E-state index in [1.54, 1.807) is 0 Å². The molecule has 0 saturated heterocycles. The summed E-state index contributed by atoms with van der Waals surface area (Å²) in [6.07, 6.45) is 1.02. The molecule has 84 valence electrons. The van der Waals surface area contributed by atoms with E-state index in [2.05, 4.69) is 48.0 Å². The predicted molar refractivity (Wildman–Crippen MR) is 76.5 cm³/mol. The second-order valence-electron chi connectivity index (χ2n) is 5.00. The first-order chi connectivity index (χ1) is 8.75. The summed E-state index contributed by atoms with van der Waals surface area (Å²) in [6.45, 7) is 0. The van der Waals surface area contributed by atoms with Gasteiger partial charge >= 0.3 is 0 Å². The maximum absolute atomic E-state index is 5.92. The fraction of sp³-hybridized carbons (Fsp3) is 0.125. The number of hydrogen-bond acceptors (Lipinski definition) is 0. The largest absolute Gasteiger partial charge is 0.343 e. The van der Waals surface area contributed by atoms with E-state index < -0.39 is 0 Å². The molecule has 0 spiro atoms. The summed E-state index contributed by atoms with van der Waals surface area (Å²) in [5, 5.41) is 1.30. The smallest absolute Gasteiger partial charge is 0.113 e. The van der Waals surface area contributed by atoms with Crippen molar-refractivity contribution < 1.29 is 0 Å². The lowest BCUT2D eigenvalue weighted by Gasteiger charge is -2.04. The Balaban J connectivity index is 2.15. The third-order valence-electron chi connectivity index (χ3n) is 3.97. The van der Waals surface area contributed by atoms with E-state index in [0.717, 1.165) is 11.9 Å². The molecule has 0 unspecified atom stereocenters. The molecule has 0 amide bonds. The minimum Gasteiger partial charge on any atom is -0.343 e. The monoisotopic (exact) mass is 229 g/mol. The molecule has 0 saturated carbocycles. The van der Waals surface area contributed by atoms with Crippen molar-refractivity contribution >= 4 is 24.2 Å². The number of hydrogen-bond donors (Lipinski definition) is 0. The van der Waals surface area contributed by atoms with Gasteiger partial charge < -0.3 is 4.57 Å². The number of aromatic nitrogens is 1. The number of aryl methyl sites for hydroxylation is 1. The van der Waals surface area contributed by atoms with E-state index in [4.69, 9.17) is 7.85 Å². The van der Waals surface area contributed by atoms with E-state index >= 15 is 0 Å². The molecule has 18 heavy (non-hydrogen) atoms. The molecule has 3 aromatic rings. The third-order valence-corrected chi connectivity index (χ3v) is 3.97. The highest BCUT2D eigenvalue weighted by atomic mass is 15.0. The van der Waals surface area contributed by atoms with Crippen LogP contribution in [0.4, 0.5) is 0 Å². The minimum atomic E-state index is 0.840. The van der Waals surface area contributed by atoms with Crippen molar-refractivity contribution in [1.82, 2.24) is 4.57 Å². The van der Waals surface area contributed by atoms with Crippen LogP contribution in [-0.2, 0) is 13.5 Å². The van der Waals surface area contributed by atoms with Gasteiger partial charge in [0.25, 0.3) is 0 Å². The van der Waals surface area contributed by atoms with Crippen LogP contribution >= 0.6 is 0 Å². The third kappa shape index (κ3) is 1.13. The van der Waals surface area contributed by atoms with E-state index in [9.17, 15) is 0 Å². The lowest BCUT2D eigenvalue weighted by molar-refractivity contribution is 0.978. The molecule has 0 atom stereocenters. The lowest BCUT2D eigenvalue weighted by atomic mass is 9.94. The van der Waals surface area contributed by atoms with Gasteiger partial charge in [-0.25, -0.2) is 0 Å².